The van der Waals surface area contributed by atoms with Crippen LogP contribution >= 0.6 is 11.3 Å². The molecule has 0 unspecified atom stereocenters. The van der Waals surface area contributed by atoms with E-state index in [0.29, 0.717) is 26.6 Å². The third kappa shape index (κ3) is 3.15. The second-order valence-electron chi connectivity index (χ2n) is 5.39. The summed E-state index contributed by atoms with van der Waals surface area (Å²) >= 11 is 1.14. The van der Waals surface area contributed by atoms with Crippen molar-refractivity contribution in [2.45, 2.75) is 0 Å². The maximum Gasteiger partial charge on any atom is 0.323 e. The lowest BCUT2D eigenvalue weighted by Gasteiger charge is -2.03. The van der Waals surface area contributed by atoms with Gasteiger partial charge in [0.05, 0.1) is 27.2 Å². The van der Waals surface area contributed by atoms with Crippen molar-refractivity contribution in [3.63, 3.8) is 0 Å². The Kier molecular flexibility index (Phi) is 3.90. The SMILES string of the molecule is O=C(Nc1ccc(C(=O)Nc2ccc3[nH]c(=O)[nH]c3c2)s1)c1ccco1. The van der Waals surface area contributed by atoms with Crippen molar-refractivity contribution in [3.05, 3.63) is 69.8 Å². The summed E-state index contributed by atoms with van der Waals surface area (Å²) in [5.41, 5.74) is 1.50. The van der Waals surface area contributed by atoms with Crippen molar-refractivity contribution in [2.75, 3.05) is 10.6 Å². The van der Waals surface area contributed by atoms with Crippen molar-refractivity contribution in [3.8, 4) is 0 Å². The highest BCUT2D eigenvalue weighted by atomic mass is 32.1. The van der Waals surface area contributed by atoms with Gasteiger partial charge in [0.1, 0.15) is 0 Å². The highest BCUT2D eigenvalue weighted by Gasteiger charge is 2.14. The number of nitrogens with one attached hydrogen (secondary N) is 4. The predicted octanol–water partition coefficient (Wildman–Crippen LogP) is 3.02. The molecule has 4 aromatic rings. The zero-order valence-corrected chi connectivity index (χ0v) is 14.0. The zero-order chi connectivity index (χ0) is 18.1. The van der Waals surface area contributed by atoms with Crippen LogP contribution in [0.15, 0.2) is 57.9 Å². The third-order valence-electron chi connectivity index (χ3n) is 3.59. The van der Waals surface area contributed by atoms with Crippen LogP contribution in [0.25, 0.3) is 11.0 Å². The molecule has 0 aliphatic heterocycles. The largest absolute Gasteiger partial charge is 0.459 e. The number of carbonyl (C=O) groups is 2. The number of rotatable bonds is 4. The molecule has 0 bridgehead atoms. The molecule has 4 rings (SSSR count). The average Bonchev–Trinajstić information content (AvgIpc) is 3.34. The lowest BCUT2D eigenvalue weighted by Crippen LogP contribution is -2.10. The quantitative estimate of drug-likeness (QED) is 0.442. The summed E-state index contributed by atoms with van der Waals surface area (Å²) in [6.07, 6.45) is 1.41. The fraction of sp³-hybridized carbons (Fsp3) is 0. The van der Waals surface area contributed by atoms with Crippen LogP contribution in [0.5, 0.6) is 0 Å². The van der Waals surface area contributed by atoms with Crippen LogP contribution in [-0.4, -0.2) is 21.8 Å². The summed E-state index contributed by atoms with van der Waals surface area (Å²) in [7, 11) is 0. The van der Waals surface area contributed by atoms with Crippen molar-refractivity contribution >= 4 is 44.9 Å². The van der Waals surface area contributed by atoms with Crippen molar-refractivity contribution < 1.29 is 14.0 Å². The lowest BCUT2D eigenvalue weighted by atomic mass is 10.2. The number of fused-ring (bicyclic) bond motifs is 1. The van der Waals surface area contributed by atoms with Crippen LogP contribution < -0.4 is 16.3 Å². The van der Waals surface area contributed by atoms with Gasteiger partial charge in [-0.05, 0) is 42.5 Å². The number of aromatic amines is 2. The van der Waals surface area contributed by atoms with Gasteiger partial charge in [-0.2, -0.15) is 0 Å². The predicted molar refractivity (Wildman–Crippen MR) is 97.9 cm³/mol. The Balaban J connectivity index is 1.47. The van der Waals surface area contributed by atoms with Gasteiger partial charge in [0.2, 0.25) is 0 Å². The molecule has 4 N–H and O–H groups in total. The maximum atomic E-state index is 12.4. The molecule has 130 valence electrons. The van der Waals surface area contributed by atoms with E-state index < -0.39 is 0 Å². The Labute approximate surface area is 149 Å². The van der Waals surface area contributed by atoms with Crippen LogP contribution in [0.3, 0.4) is 0 Å². The number of thiophene rings is 1. The van der Waals surface area contributed by atoms with Crippen LogP contribution in [0.4, 0.5) is 10.7 Å². The number of hydrogen-bond acceptors (Lipinski definition) is 5. The Morgan fingerprint density at radius 3 is 2.62 bits per heavy atom. The van der Waals surface area contributed by atoms with E-state index in [4.69, 9.17) is 4.42 Å². The second kappa shape index (κ2) is 6.37. The van der Waals surface area contributed by atoms with Crippen LogP contribution in [0.1, 0.15) is 20.2 Å². The van der Waals surface area contributed by atoms with E-state index in [-0.39, 0.29) is 23.3 Å². The highest BCUT2D eigenvalue weighted by Crippen LogP contribution is 2.24. The van der Waals surface area contributed by atoms with Gasteiger partial charge in [-0.25, -0.2) is 4.79 Å². The molecule has 0 fully saturated rings. The van der Waals surface area contributed by atoms with E-state index >= 15 is 0 Å². The first-order valence-corrected chi connectivity index (χ1v) is 8.38. The fourth-order valence-electron chi connectivity index (χ4n) is 2.41. The summed E-state index contributed by atoms with van der Waals surface area (Å²) in [6.45, 7) is 0. The zero-order valence-electron chi connectivity index (χ0n) is 13.2. The minimum absolute atomic E-state index is 0.193. The second-order valence-corrected chi connectivity index (χ2v) is 6.47. The van der Waals surface area contributed by atoms with E-state index in [1.54, 1.807) is 42.5 Å². The first-order chi connectivity index (χ1) is 12.6. The number of imidazole rings is 1. The van der Waals surface area contributed by atoms with Crippen LogP contribution in [0.2, 0.25) is 0 Å². The number of carbonyl (C=O) groups excluding carboxylic acids is 2. The van der Waals surface area contributed by atoms with Gasteiger partial charge in [-0.1, -0.05) is 0 Å². The van der Waals surface area contributed by atoms with Crippen molar-refractivity contribution in [2.24, 2.45) is 0 Å². The molecule has 3 heterocycles. The first-order valence-electron chi connectivity index (χ1n) is 7.56. The average molecular weight is 368 g/mol. The molecule has 26 heavy (non-hydrogen) atoms. The van der Waals surface area contributed by atoms with Gasteiger partial charge >= 0.3 is 5.69 Å². The maximum absolute atomic E-state index is 12.4. The van der Waals surface area contributed by atoms with E-state index in [1.165, 1.54) is 6.26 Å². The van der Waals surface area contributed by atoms with Gasteiger partial charge in [-0.15, -0.1) is 11.3 Å². The summed E-state index contributed by atoms with van der Waals surface area (Å²) in [6, 6.07) is 11.5. The number of furan rings is 1. The van der Waals surface area contributed by atoms with Gasteiger partial charge in [0.15, 0.2) is 5.76 Å². The van der Waals surface area contributed by atoms with Crippen LogP contribution in [0, 0.1) is 0 Å². The van der Waals surface area contributed by atoms with Gasteiger partial charge in [-0.3, -0.25) is 9.59 Å². The number of amides is 2. The van der Waals surface area contributed by atoms with Gasteiger partial charge < -0.3 is 25.0 Å². The monoisotopic (exact) mass is 368 g/mol. The van der Waals surface area contributed by atoms with E-state index in [0.717, 1.165) is 11.3 Å². The fourth-order valence-corrected chi connectivity index (χ4v) is 3.21. The number of hydrogen-bond donors (Lipinski definition) is 4. The Bertz CT molecular complexity index is 1150. The molecule has 0 saturated heterocycles. The standard InChI is InChI=1S/C17H12N4O4S/c22-15(12-2-1-7-25-12)21-14-6-5-13(26-14)16(23)18-9-3-4-10-11(8-9)20-17(24)19-10/h1-8H,(H,18,23)(H,21,22)(H2,19,20,24). The molecule has 3 aromatic heterocycles. The van der Waals surface area contributed by atoms with E-state index in [2.05, 4.69) is 20.6 Å². The summed E-state index contributed by atoms with van der Waals surface area (Å²) < 4.78 is 5.02. The molecule has 0 radical (unpaired) electrons. The Hall–Kier alpha value is -3.59. The molecule has 0 aliphatic carbocycles. The molecule has 0 saturated carbocycles. The molecule has 2 amide bonds. The van der Waals surface area contributed by atoms with Crippen LogP contribution in [-0.2, 0) is 0 Å². The van der Waals surface area contributed by atoms with Crippen molar-refractivity contribution in [1.82, 2.24) is 9.97 Å². The molecule has 9 heteroatoms. The number of aromatic nitrogens is 2. The first kappa shape index (κ1) is 15.9. The van der Waals surface area contributed by atoms with E-state index in [9.17, 15) is 14.4 Å². The molecule has 0 aliphatic rings. The minimum atomic E-state index is -0.384. The smallest absolute Gasteiger partial charge is 0.323 e. The summed E-state index contributed by atoms with van der Waals surface area (Å²) in [4.78, 5) is 41.3. The number of anilines is 2. The van der Waals surface area contributed by atoms with Gasteiger partial charge in [0, 0.05) is 5.69 Å². The molecule has 0 atom stereocenters. The summed E-state index contributed by atoms with van der Waals surface area (Å²) in [5, 5.41) is 5.96. The molecular formula is C17H12N4O4S. The molecular weight excluding hydrogens is 356 g/mol. The van der Waals surface area contributed by atoms with E-state index in [1.807, 2.05) is 0 Å². The number of H-pyrrole nitrogens is 2. The topological polar surface area (TPSA) is 120 Å². The Morgan fingerprint density at radius 2 is 1.81 bits per heavy atom. The molecule has 0 spiro atoms. The summed E-state index contributed by atoms with van der Waals surface area (Å²) in [5.74, 6) is -0.505. The number of benzene rings is 1. The Morgan fingerprint density at radius 1 is 0.962 bits per heavy atom. The van der Waals surface area contributed by atoms with Crippen molar-refractivity contribution in [1.29, 1.82) is 0 Å². The normalized spacial score (nSPS) is 10.8. The van der Waals surface area contributed by atoms with Gasteiger partial charge in [0.25, 0.3) is 11.8 Å². The molecule has 1 aromatic carbocycles. The third-order valence-corrected chi connectivity index (χ3v) is 4.58. The molecule has 8 nitrogen and oxygen atoms in total. The highest BCUT2D eigenvalue weighted by molar-refractivity contribution is 7.18. The minimum Gasteiger partial charge on any atom is -0.459 e. The lowest BCUT2D eigenvalue weighted by molar-refractivity contribution is 0.0995.